The molecule has 1 atom stereocenters. The number of thiazole rings is 1. The van der Waals surface area contributed by atoms with E-state index in [1.807, 2.05) is 43.6 Å². The third-order valence-corrected chi connectivity index (χ3v) is 4.77. The first-order valence-electron chi connectivity index (χ1n) is 7.94. The zero-order chi connectivity index (χ0) is 17.1. The van der Waals surface area contributed by atoms with Crippen molar-refractivity contribution in [3.63, 3.8) is 0 Å². The van der Waals surface area contributed by atoms with Crippen LogP contribution in [0.3, 0.4) is 0 Å². The molecule has 0 saturated carbocycles. The van der Waals surface area contributed by atoms with Crippen LogP contribution >= 0.6 is 11.3 Å². The summed E-state index contributed by atoms with van der Waals surface area (Å²) in [5.41, 5.74) is 1.54. The molecule has 126 valence electrons. The number of rotatable bonds is 6. The standard InChI is InChI=1S/C16H20N6OS/c1-4-11(12-9-22-8-6-7-18-15(22)21-12)20-14(23)13-10(3)19-16(24-13)17-5-2/h6-9,11H,4-5H2,1-3H3,(H,17,19)(H,20,23)/t11-/m0/s1. The normalized spacial score (nSPS) is 12.3. The van der Waals surface area contributed by atoms with Crippen LogP contribution in [0, 0.1) is 6.92 Å². The number of imidazole rings is 1. The van der Waals surface area contributed by atoms with Crippen molar-refractivity contribution in [2.24, 2.45) is 0 Å². The van der Waals surface area contributed by atoms with Gasteiger partial charge in [-0.2, -0.15) is 0 Å². The van der Waals surface area contributed by atoms with E-state index in [1.54, 1.807) is 6.20 Å². The molecule has 0 unspecified atom stereocenters. The van der Waals surface area contributed by atoms with Gasteiger partial charge in [0.1, 0.15) is 4.88 Å². The van der Waals surface area contributed by atoms with Gasteiger partial charge in [0.25, 0.3) is 5.91 Å². The fourth-order valence-electron chi connectivity index (χ4n) is 2.46. The van der Waals surface area contributed by atoms with E-state index in [4.69, 9.17) is 0 Å². The molecule has 0 aromatic carbocycles. The zero-order valence-electron chi connectivity index (χ0n) is 13.9. The number of carbonyl (C=O) groups excluding carboxylic acids is 1. The van der Waals surface area contributed by atoms with E-state index in [0.29, 0.717) is 10.7 Å². The smallest absolute Gasteiger partial charge is 0.263 e. The van der Waals surface area contributed by atoms with E-state index in [2.05, 4.69) is 25.6 Å². The van der Waals surface area contributed by atoms with E-state index < -0.39 is 0 Å². The van der Waals surface area contributed by atoms with Crippen molar-refractivity contribution < 1.29 is 4.79 Å². The molecule has 24 heavy (non-hydrogen) atoms. The summed E-state index contributed by atoms with van der Waals surface area (Å²) in [6, 6.07) is 1.68. The van der Waals surface area contributed by atoms with Crippen LogP contribution in [0.1, 0.15) is 47.4 Å². The second kappa shape index (κ2) is 6.96. The molecular weight excluding hydrogens is 324 g/mol. The van der Waals surface area contributed by atoms with Gasteiger partial charge in [0.2, 0.25) is 5.78 Å². The van der Waals surface area contributed by atoms with Gasteiger partial charge in [0.05, 0.1) is 17.4 Å². The van der Waals surface area contributed by atoms with Crippen LogP contribution in [-0.4, -0.2) is 31.8 Å². The largest absolute Gasteiger partial charge is 0.362 e. The Morgan fingerprint density at radius 1 is 1.38 bits per heavy atom. The van der Waals surface area contributed by atoms with Crippen molar-refractivity contribution >= 4 is 28.2 Å². The highest BCUT2D eigenvalue weighted by Gasteiger charge is 2.21. The molecular formula is C16H20N6OS. The molecule has 2 N–H and O–H groups in total. The van der Waals surface area contributed by atoms with Gasteiger partial charge >= 0.3 is 0 Å². The molecule has 3 heterocycles. The zero-order valence-corrected chi connectivity index (χ0v) is 14.7. The molecule has 0 fully saturated rings. The maximum atomic E-state index is 12.6. The van der Waals surface area contributed by atoms with Crippen molar-refractivity contribution in [3.05, 3.63) is 40.9 Å². The second-order valence-corrected chi connectivity index (χ2v) is 6.39. The summed E-state index contributed by atoms with van der Waals surface area (Å²) >= 11 is 1.37. The molecule has 0 saturated heterocycles. The Hall–Kier alpha value is -2.48. The van der Waals surface area contributed by atoms with Gasteiger partial charge in [-0.1, -0.05) is 18.3 Å². The first-order chi connectivity index (χ1) is 11.6. The van der Waals surface area contributed by atoms with Crippen LogP contribution in [0.4, 0.5) is 5.13 Å². The van der Waals surface area contributed by atoms with Crippen molar-refractivity contribution in [3.8, 4) is 0 Å². The van der Waals surface area contributed by atoms with Gasteiger partial charge in [-0.25, -0.2) is 15.0 Å². The number of hydrogen-bond acceptors (Lipinski definition) is 6. The number of fused-ring (bicyclic) bond motifs is 1. The molecule has 0 aliphatic carbocycles. The topological polar surface area (TPSA) is 84.2 Å². The van der Waals surface area contributed by atoms with Gasteiger partial charge < -0.3 is 10.6 Å². The van der Waals surface area contributed by atoms with Gasteiger partial charge in [-0.05, 0) is 26.3 Å². The summed E-state index contributed by atoms with van der Waals surface area (Å²) in [4.78, 5) is 26.3. The molecule has 0 aliphatic rings. The van der Waals surface area contributed by atoms with Crippen LogP contribution in [0.15, 0.2) is 24.7 Å². The summed E-state index contributed by atoms with van der Waals surface area (Å²) in [5, 5.41) is 6.97. The highest BCUT2D eigenvalue weighted by molar-refractivity contribution is 7.17. The Labute approximate surface area is 144 Å². The fourth-order valence-corrected chi connectivity index (χ4v) is 3.40. The predicted molar refractivity (Wildman–Crippen MR) is 94.5 cm³/mol. The van der Waals surface area contributed by atoms with E-state index in [0.717, 1.165) is 29.5 Å². The third-order valence-electron chi connectivity index (χ3n) is 3.66. The van der Waals surface area contributed by atoms with Crippen LogP contribution in [0.2, 0.25) is 0 Å². The van der Waals surface area contributed by atoms with E-state index in [1.165, 1.54) is 11.3 Å². The molecule has 3 aromatic heterocycles. The Bertz CT molecular complexity index is 822. The lowest BCUT2D eigenvalue weighted by molar-refractivity contribution is 0.0938. The van der Waals surface area contributed by atoms with E-state index >= 15 is 0 Å². The average Bonchev–Trinajstić information content (AvgIpc) is 3.16. The lowest BCUT2D eigenvalue weighted by Gasteiger charge is -2.14. The van der Waals surface area contributed by atoms with Gasteiger partial charge in [-0.3, -0.25) is 9.20 Å². The summed E-state index contributed by atoms with van der Waals surface area (Å²) in [5.74, 6) is 0.509. The summed E-state index contributed by atoms with van der Waals surface area (Å²) < 4.78 is 1.85. The van der Waals surface area contributed by atoms with Gasteiger partial charge in [0, 0.05) is 25.1 Å². The van der Waals surface area contributed by atoms with E-state index in [9.17, 15) is 4.79 Å². The number of hydrogen-bond donors (Lipinski definition) is 2. The number of nitrogens with one attached hydrogen (secondary N) is 2. The summed E-state index contributed by atoms with van der Waals surface area (Å²) in [7, 11) is 0. The Morgan fingerprint density at radius 3 is 2.92 bits per heavy atom. The molecule has 0 aliphatic heterocycles. The summed E-state index contributed by atoms with van der Waals surface area (Å²) in [6.45, 7) is 6.65. The minimum atomic E-state index is -0.164. The highest BCUT2D eigenvalue weighted by atomic mass is 32.1. The third kappa shape index (κ3) is 3.23. The quantitative estimate of drug-likeness (QED) is 0.718. The molecule has 0 radical (unpaired) electrons. The second-order valence-electron chi connectivity index (χ2n) is 5.39. The van der Waals surface area contributed by atoms with E-state index in [-0.39, 0.29) is 11.9 Å². The van der Waals surface area contributed by atoms with Gasteiger partial charge in [0.15, 0.2) is 5.13 Å². The minimum Gasteiger partial charge on any atom is -0.362 e. The fraction of sp³-hybridized carbons (Fsp3) is 0.375. The highest BCUT2D eigenvalue weighted by Crippen LogP contribution is 2.24. The van der Waals surface area contributed by atoms with Crippen molar-refractivity contribution in [1.82, 2.24) is 24.7 Å². The molecule has 3 aromatic rings. The summed E-state index contributed by atoms with van der Waals surface area (Å²) in [6.07, 6.45) is 6.24. The van der Waals surface area contributed by atoms with Crippen LogP contribution in [0.25, 0.3) is 5.78 Å². The molecule has 3 rings (SSSR count). The maximum Gasteiger partial charge on any atom is 0.263 e. The van der Waals surface area contributed by atoms with Crippen molar-refractivity contribution in [2.75, 3.05) is 11.9 Å². The molecule has 0 bridgehead atoms. The first-order valence-corrected chi connectivity index (χ1v) is 8.75. The number of anilines is 1. The number of nitrogens with zero attached hydrogens (tertiary/aromatic N) is 4. The number of aryl methyl sites for hydroxylation is 1. The minimum absolute atomic E-state index is 0.119. The van der Waals surface area contributed by atoms with Crippen molar-refractivity contribution in [1.29, 1.82) is 0 Å². The molecule has 0 spiro atoms. The predicted octanol–water partition coefficient (Wildman–Crippen LogP) is 2.81. The Balaban J connectivity index is 1.80. The lowest BCUT2D eigenvalue weighted by Crippen LogP contribution is -2.28. The van der Waals surface area contributed by atoms with Crippen molar-refractivity contribution in [2.45, 2.75) is 33.2 Å². The van der Waals surface area contributed by atoms with Crippen LogP contribution < -0.4 is 10.6 Å². The average molecular weight is 344 g/mol. The maximum absolute atomic E-state index is 12.6. The number of amides is 1. The molecule has 8 heteroatoms. The van der Waals surface area contributed by atoms with Crippen LogP contribution in [-0.2, 0) is 0 Å². The van der Waals surface area contributed by atoms with Gasteiger partial charge in [-0.15, -0.1) is 0 Å². The Kier molecular flexibility index (Phi) is 4.75. The van der Waals surface area contributed by atoms with Crippen LogP contribution in [0.5, 0.6) is 0 Å². The Morgan fingerprint density at radius 2 is 2.21 bits per heavy atom. The SMILES string of the molecule is CCNc1nc(C)c(C(=O)N[C@@H](CC)c2cn3cccnc3n2)s1. The number of carbonyl (C=O) groups is 1. The lowest BCUT2D eigenvalue weighted by atomic mass is 10.1. The molecule has 7 nitrogen and oxygen atoms in total. The molecule has 1 amide bonds. The monoisotopic (exact) mass is 344 g/mol. The number of aromatic nitrogens is 4. The first kappa shape index (κ1) is 16.4.